The van der Waals surface area contributed by atoms with Crippen molar-refractivity contribution in [1.82, 2.24) is 5.32 Å². The molecular formula is C19H31NO3. The normalized spacial score (nSPS) is 13.0. The standard InChI is InChI=1S/C19H31NO3/c1-13(2)17-10-7-14(3)11-15(17)8-9-16(12-21)20-18(22)23-19(4,5)6/h7,10-11,13,16,21H,8-9,12H2,1-6H3,(H,20,22)/t16-/m1/s1. The number of aliphatic hydroxyl groups excluding tert-OH is 1. The average molecular weight is 321 g/mol. The third-order valence-corrected chi connectivity index (χ3v) is 3.62. The van der Waals surface area contributed by atoms with Crippen LogP contribution in [-0.2, 0) is 11.2 Å². The molecule has 0 spiro atoms. The molecule has 0 aliphatic heterocycles. The lowest BCUT2D eigenvalue weighted by Crippen LogP contribution is -2.41. The van der Waals surface area contributed by atoms with Crippen molar-refractivity contribution in [2.75, 3.05) is 6.61 Å². The second kappa shape index (κ2) is 8.34. The summed E-state index contributed by atoms with van der Waals surface area (Å²) in [5.74, 6) is 0.456. The highest BCUT2D eigenvalue weighted by molar-refractivity contribution is 5.68. The van der Waals surface area contributed by atoms with Crippen LogP contribution in [0.3, 0.4) is 0 Å². The lowest BCUT2D eigenvalue weighted by atomic mass is 9.92. The summed E-state index contributed by atoms with van der Waals surface area (Å²) in [6.07, 6.45) is 1.01. The van der Waals surface area contributed by atoms with Gasteiger partial charge >= 0.3 is 6.09 Å². The molecule has 0 radical (unpaired) electrons. The maximum Gasteiger partial charge on any atom is 0.407 e. The molecule has 0 fully saturated rings. The van der Waals surface area contributed by atoms with E-state index in [1.807, 2.05) is 20.8 Å². The number of aryl methyl sites for hydroxylation is 2. The first-order chi connectivity index (χ1) is 10.6. The van der Waals surface area contributed by atoms with Gasteiger partial charge in [0.15, 0.2) is 0 Å². The van der Waals surface area contributed by atoms with E-state index in [0.29, 0.717) is 12.3 Å². The summed E-state index contributed by atoms with van der Waals surface area (Å²) in [5, 5.41) is 12.3. The van der Waals surface area contributed by atoms with Crippen molar-refractivity contribution in [3.63, 3.8) is 0 Å². The Kier molecular flexibility index (Phi) is 7.07. The minimum Gasteiger partial charge on any atom is -0.444 e. The topological polar surface area (TPSA) is 58.6 Å². The molecular weight excluding hydrogens is 290 g/mol. The van der Waals surface area contributed by atoms with E-state index in [1.54, 1.807) is 0 Å². The highest BCUT2D eigenvalue weighted by Gasteiger charge is 2.19. The van der Waals surface area contributed by atoms with E-state index in [4.69, 9.17) is 4.74 Å². The van der Waals surface area contributed by atoms with Crippen LogP contribution in [-0.4, -0.2) is 29.4 Å². The van der Waals surface area contributed by atoms with Gasteiger partial charge in [0.05, 0.1) is 12.6 Å². The Balaban J connectivity index is 2.68. The van der Waals surface area contributed by atoms with E-state index in [-0.39, 0.29) is 12.6 Å². The van der Waals surface area contributed by atoms with Crippen LogP contribution in [0, 0.1) is 6.92 Å². The fraction of sp³-hybridized carbons (Fsp3) is 0.632. The molecule has 0 saturated carbocycles. The fourth-order valence-electron chi connectivity index (χ4n) is 2.53. The van der Waals surface area contributed by atoms with Crippen LogP contribution in [0.15, 0.2) is 18.2 Å². The van der Waals surface area contributed by atoms with Crippen molar-refractivity contribution in [2.45, 2.75) is 71.9 Å². The van der Waals surface area contributed by atoms with Gasteiger partial charge in [-0.3, -0.25) is 0 Å². The van der Waals surface area contributed by atoms with Crippen LogP contribution in [0.2, 0.25) is 0 Å². The molecule has 0 aliphatic rings. The Bertz CT molecular complexity index is 518. The molecule has 2 N–H and O–H groups in total. The molecule has 1 rings (SSSR count). The molecule has 4 nitrogen and oxygen atoms in total. The van der Waals surface area contributed by atoms with E-state index in [0.717, 1.165) is 6.42 Å². The van der Waals surface area contributed by atoms with Crippen molar-refractivity contribution in [3.8, 4) is 0 Å². The first kappa shape index (κ1) is 19.5. The molecule has 1 aromatic carbocycles. The number of rotatable bonds is 6. The predicted molar refractivity (Wildman–Crippen MR) is 93.8 cm³/mol. The number of carbonyl (C=O) groups excluding carboxylic acids is 1. The number of amides is 1. The minimum absolute atomic E-state index is 0.0952. The number of hydrogen-bond acceptors (Lipinski definition) is 3. The molecule has 1 amide bonds. The van der Waals surface area contributed by atoms with Gasteiger partial charge in [-0.1, -0.05) is 37.6 Å². The molecule has 0 saturated heterocycles. The van der Waals surface area contributed by atoms with E-state index < -0.39 is 11.7 Å². The second-order valence-electron chi connectivity index (χ2n) is 7.42. The number of ether oxygens (including phenoxy) is 1. The molecule has 0 unspecified atom stereocenters. The quantitative estimate of drug-likeness (QED) is 0.834. The van der Waals surface area contributed by atoms with Crippen LogP contribution in [0.25, 0.3) is 0 Å². The maximum atomic E-state index is 11.8. The van der Waals surface area contributed by atoms with E-state index in [2.05, 4.69) is 44.3 Å². The lowest BCUT2D eigenvalue weighted by Gasteiger charge is -2.23. The second-order valence-corrected chi connectivity index (χ2v) is 7.42. The van der Waals surface area contributed by atoms with Gasteiger partial charge in [-0.25, -0.2) is 4.79 Å². The van der Waals surface area contributed by atoms with Gasteiger partial charge in [0.2, 0.25) is 0 Å². The summed E-state index contributed by atoms with van der Waals surface area (Å²) in [7, 11) is 0. The molecule has 0 bridgehead atoms. The van der Waals surface area contributed by atoms with Gasteiger partial charge in [0.1, 0.15) is 5.60 Å². The Morgan fingerprint density at radius 1 is 1.30 bits per heavy atom. The number of nitrogens with one attached hydrogen (secondary N) is 1. The minimum atomic E-state index is -0.536. The van der Waals surface area contributed by atoms with Gasteiger partial charge in [0, 0.05) is 0 Å². The number of hydrogen-bond donors (Lipinski definition) is 2. The van der Waals surface area contributed by atoms with Crippen LogP contribution in [0.5, 0.6) is 0 Å². The first-order valence-corrected chi connectivity index (χ1v) is 8.32. The molecule has 1 atom stereocenters. The van der Waals surface area contributed by atoms with Crippen molar-refractivity contribution < 1.29 is 14.6 Å². The van der Waals surface area contributed by atoms with Gasteiger partial charge in [-0.2, -0.15) is 0 Å². The van der Waals surface area contributed by atoms with Gasteiger partial charge in [-0.05, 0) is 57.6 Å². The Hall–Kier alpha value is -1.55. The molecule has 1 aromatic rings. The molecule has 0 aromatic heterocycles. The van der Waals surface area contributed by atoms with Crippen LogP contribution >= 0.6 is 0 Å². The summed E-state index contributed by atoms with van der Waals surface area (Å²) in [4.78, 5) is 11.8. The number of carbonyl (C=O) groups is 1. The van der Waals surface area contributed by atoms with E-state index >= 15 is 0 Å². The monoisotopic (exact) mass is 321 g/mol. The molecule has 0 aliphatic carbocycles. The van der Waals surface area contributed by atoms with Crippen LogP contribution in [0.1, 0.15) is 63.6 Å². The molecule has 23 heavy (non-hydrogen) atoms. The van der Waals surface area contributed by atoms with E-state index in [9.17, 15) is 9.90 Å². The van der Waals surface area contributed by atoms with Crippen molar-refractivity contribution in [3.05, 3.63) is 34.9 Å². The van der Waals surface area contributed by atoms with Crippen molar-refractivity contribution in [1.29, 1.82) is 0 Å². The third-order valence-electron chi connectivity index (χ3n) is 3.62. The van der Waals surface area contributed by atoms with E-state index in [1.165, 1.54) is 16.7 Å². The van der Waals surface area contributed by atoms with Gasteiger partial charge < -0.3 is 15.2 Å². The molecule has 130 valence electrons. The zero-order valence-electron chi connectivity index (χ0n) is 15.3. The molecule has 0 heterocycles. The summed E-state index contributed by atoms with van der Waals surface area (Å²) in [5.41, 5.74) is 3.30. The average Bonchev–Trinajstić information content (AvgIpc) is 2.41. The first-order valence-electron chi connectivity index (χ1n) is 8.32. The smallest absolute Gasteiger partial charge is 0.407 e. The summed E-state index contributed by atoms with van der Waals surface area (Å²) < 4.78 is 5.24. The lowest BCUT2D eigenvalue weighted by molar-refractivity contribution is 0.0479. The maximum absolute atomic E-state index is 11.8. The van der Waals surface area contributed by atoms with Crippen LogP contribution in [0.4, 0.5) is 4.79 Å². The zero-order chi connectivity index (χ0) is 17.6. The fourth-order valence-corrected chi connectivity index (χ4v) is 2.53. The largest absolute Gasteiger partial charge is 0.444 e. The highest BCUT2D eigenvalue weighted by atomic mass is 16.6. The Morgan fingerprint density at radius 3 is 2.48 bits per heavy atom. The number of benzene rings is 1. The van der Waals surface area contributed by atoms with Crippen molar-refractivity contribution >= 4 is 6.09 Å². The Labute approximate surface area is 140 Å². The van der Waals surface area contributed by atoms with Crippen molar-refractivity contribution in [2.24, 2.45) is 0 Å². The van der Waals surface area contributed by atoms with Crippen LogP contribution < -0.4 is 5.32 Å². The highest BCUT2D eigenvalue weighted by Crippen LogP contribution is 2.22. The molecule has 4 heteroatoms. The summed E-state index contributed by atoms with van der Waals surface area (Å²) in [6.45, 7) is 11.8. The predicted octanol–water partition coefficient (Wildman–Crippen LogP) is 3.94. The summed E-state index contributed by atoms with van der Waals surface area (Å²) in [6, 6.07) is 6.19. The third kappa shape index (κ3) is 7.04. The van der Waals surface area contributed by atoms with Gasteiger partial charge in [0.25, 0.3) is 0 Å². The summed E-state index contributed by atoms with van der Waals surface area (Å²) >= 11 is 0. The zero-order valence-corrected chi connectivity index (χ0v) is 15.3. The Morgan fingerprint density at radius 2 is 1.96 bits per heavy atom. The number of aliphatic hydroxyl groups is 1. The number of alkyl carbamates (subject to hydrolysis) is 1. The van der Waals surface area contributed by atoms with Gasteiger partial charge in [-0.15, -0.1) is 0 Å². The SMILES string of the molecule is Cc1ccc(C(C)C)c(CC[C@H](CO)NC(=O)OC(C)(C)C)c1.